The second-order valence-corrected chi connectivity index (χ2v) is 7.17. The first kappa shape index (κ1) is 19.9. The Morgan fingerprint density at radius 1 is 1.19 bits per heavy atom. The van der Waals surface area contributed by atoms with Crippen LogP contribution >= 0.6 is 0 Å². The molecule has 0 aliphatic carbocycles. The standard InChI is InChI=1S/C16H32N2O3/c1-9-21-15(20)13(16(4,5)6)14(19)17-12(11(2)3)10-18(7)8/h11-13H,9-10H2,1-8H3,(H,17,19). The van der Waals surface area contributed by atoms with Crippen molar-refractivity contribution in [1.29, 1.82) is 0 Å². The van der Waals surface area contributed by atoms with Crippen LogP contribution in [0.4, 0.5) is 0 Å². The summed E-state index contributed by atoms with van der Waals surface area (Å²) >= 11 is 0. The molecule has 0 heterocycles. The van der Waals surface area contributed by atoms with E-state index in [2.05, 4.69) is 19.2 Å². The number of nitrogens with zero attached hydrogens (tertiary/aromatic N) is 1. The Morgan fingerprint density at radius 2 is 1.71 bits per heavy atom. The van der Waals surface area contributed by atoms with Crippen LogP contribution in [0, 0.1) is 17.3 Å². The second-order valence-electron chi connectivity index (χ2n) is 7.17. The third kappa shape index (κ3) is 6.93. The lowest BCUT2D eigenvalue weighted by atomic mass is 9.80. The molecule has 0 radical (unpaired) electrons. The van der Waals surface area contributed by atoms with Gasteiger partial charge in [0.05, 0.1) is 6.61 Å². The maximum Gasteiger partial charge on any atom is 0.319 e. The summed E-state index contributed by atoms with van der Waals surface area (Å²) in [7, 11) is 3.93. The van der Waals surface area contributed by atoms with Gasteiger partial charge in [-0.1, -0.05) is 34.6 Å². The molecule has 0 fully saturated rings. The summed E-state index contributed by atoms with van der Waals surface area (Å²) in [6.45, 7) is 12.5. The van der Waals surface area contributed by atoms with E-state index in [0.29, 0.717) is 5.92 Å². The van der Waals surface area contributed by atoms with Crippen LogP contribution in [-0.2, 0) is 14.3 Å². The smallest absolute Gasteiger partial charge is 0.319 e. The summed E-state index contributed by atoms with van der Waals surface area (Å²) in [4.78, 5) is 26.7. The third-order valence-electron chi connectivity index (χ3n) is 3.34. The number of carbonyl (C=O) groups excluding carboxylic acids is 2. The Kier molecular flexibility index (Phi) is 7.93. The van der Waals surface area contributed by atoms with Gasteiger partial charge in [0.1, 0.15) is 5.92 Å². The molecule has 0 aromatic rings. The predicted molar refractivity (Wildman–Crippen MR) is 84.9 cm³/mol. The summed E-state index contributed by atoms with van der Waals surface area (Å²) in [5, 5.41) is 3.01. The number of amides is 1. The minimum atomic E-state index is -0.791. The number of likely N-dealkylation sites (N-methyl/N-ethyl adjacent to an activating group) is 1. The molecule has 0 aromatic carbocycles. The quantitative estimate of drug-likeness (QED) is 0.576. The molecular weight excluding hydrogens is 268 g/mol. The van der Waals surface area contributed by atoms with Gasteiger partial charge in [0, 0.05) is 12.6 Å². The monoisotopic (exact) mass is 300 g/mol. The highest BCUT2D eigenvalue weighted by atomic mass is 16.5. The fourth-order valence-electron chi connectivity index (χ4n) is 2.16. The Balaban J connectivity index is 5.07. The van der Waals surface area contributed by atoms with E-state index < -0.39 is 17.3 Å². The molecule has 2 atom stereocenters. The van der Waals surface area contributed by atoms with Crippen LogP contribution < -0.4 is 5.32 Å². The zero-order valence-corrected chi connectivity index (χ0v) is 14.8. The number of hydrogen-bond acceptors (Lipinski definition) is 4. The van der Waals surface area contributed by atoms with Crippen LogP contribution in [0.2, 0.25) is 0 Å². The number of carbonyl (C=O) groups is 2. The molecule has 0 aliphatic heterocycles. The Hall–Kier alpha value is -1.10. The van der Waals surface area contributed by atoms with E-state index >= 15 is 0 Å². The van der Waals surface area contributed by atoms with E-state index in [9.17, 15) is 9.59 Å². The average molecular weight is 300 g/mol. The molecule has 2 unspecified atom stereocenters. The lowest BCUT2D eigenvalue weighted by Gasteiger charge is -2.31. The first-order valence-corrected chi connectivity index (χ1v) is 7.62. The van der Waals surface area contributed by atoms with Crippen molar-refractivity contribution in [3.05, 3.63) is 0 Å². The maximum atomic E-state index is 12.6. The molecule has 0 rings (SSSR count). The zero-order valence-electron chi connectivity index (χ0n) is 14.8. The van der Waals surface area contributed by atoms with Crippen molar-refractivity contribution in [2.24, 2.45) is 17.3 Å². The molecule has 0 aromatic heterocycles. The molecule has 0 saturated carbocycles. The zero-order chi connectivity index (χ0) is 16.8. The van der Waals surface area contributed by atoms with Crippen molar-refractivity contribution >= 4 is 11.9 Å². The summed E-state index contributed by atoms with van der Waals surface area (Å²) < 4.78 is 5.06. The van der Waals surface area contributed by atoms with E-state index in [4.69, 9.17) is 4.74 Å². The van der Waals surface area contributed by atoms with Gasteiger partial charge in [-0.15, -0.1) is 0 Å². The van der Waals surface area contributed by atoms with Crippen LogP contribution in [0.5, 0.6) is 0 Å². The number of esters is 1. The highest BCUT2D eigenvalue weighted by Crippen LogP contribution is 2.27. The van der Waals surface area contributed by atoms with E-state index in [-0.39, 0.29) is 18.6 Å². The topological polar surface area (TPSA) is 58.6 Å². The maximum absolute atomic E-state index is 12.6. The molecule has 0 bridgehead atoms. The summed E-state index contributed by atoms with van der Waals surface area (Å²) in [5.74, 6) is -1.20. The largest absolute Gasteiger partial charge is 0.465 e. The lowest BCUT2D eigenvalue weighted by Crippen LogP contribution is -2.51. The number of rotatable bonds is 7. The first-order chi connectivity index (χ1) is 9.50. The van der Waals surface area contributed by atoms with E-state index in [1.165, 1.54) is 0 Å². The first-order valence-electron chi connectivity index (χ1n) is 7.62. The van der Waals surface area contributed by atoms with Gasteiger partial charge >= 0.3 is 5.97 Å². The van der Waals surface area contributed by atoms with E-state index in [1.807, 2.05) is 39.8 Å². The molecule has 1 amide bonds. The normalized spacial score (nSPS) is 15.0. The number of hydrogen-bond donors (Lipinski definition) is 1. The fourth-order valence-corrected chi connectivity index (χ4v) is 2.16. The minimum absolute atomic E-state index is 0.00627. The van der Waals surface area contributed by atoms with Crippen molar-refractivity contribution in [2.45, 2.75) is 47.6 Å². The molecule has 1 N–H and O–H groups in total. The number of ether oxygens (including phenoxy) is 1. The van der Waals surface area contributed by atoms with Gasteiger partial charge in [0.15, 0.2) is 0 Å². The van der Waals surface area contributed by atoms with Gasteiger partial charge < -0.3 is 15.0 Å². The fraction of sp³-hybridized carbons (Fsp3) is 0.875. The van der Waals surface area contributed by atoms with Gasteiger partial charge in [-0.25, -0.2) is 0 Å². The average Bonchev–Trinajstić information content (AvgIpc) is 2.25. The van der Waals surface area contributed by atoms with Crippen molar-refractivity contribution in [3.63, 3.8) is 0 Å². The van der Waals surface area contributed by atoms with E-state index in [1.54, 1.807) is 6.92 Å². The molecule has 0 spiro atoms. The van der Waals surface area contributed by atoms with Crippen LogP contribution in [0.3, 0.4) is 0 Å². The Morgan fingerprint density at radius 3 is 2.05 bits per heavy atom. The van der Waals surface area contributed by atoms with Crippen molar-refractivity contribution in [2.75, 3.05) is 27.2 Å². The summed E-state index contributed by atoms with van der Waals surface area (Å²) in [5.41, 5.74) is -0.476. The van der Waals surface area contributed by atoms with Gasteiger partial charge in [-0.05, 0) is 32.4 Å². The minimum Gasteiger partial charge on any atom is -0.465 e. The van der Waals surface area contributed by atoms with Gasteiger partial charge in [0.25, 0.3) is 0 Å². The van der Waals surface area contributed by atoms with Crippen molar-refractivity contribution < 1.29 is 14.3 Å². The van der Waals surface area contributed by atoms with Crippen LogP contribution in [0.25, 0.3) is 0 Å². The van der Waals surface area contributed by atoms with Gasteiger partial charge in [-0.3, -0.25) is 9.59 Å². The third-order valence-corrected chi connectivity index (χ3v) is 3.34. The lowest BCUT2D eigenvalue weighted by molar-refractivity contribution is -0.157. The molecule has 124 valence electrons. The van der Waals surface area contributed by atoms with Crippen molar-refractivity contribution in [3.8, 4) is 0 Å². The highest BCUT2D eigenvalue weighted by molar-refractivity contribution is 5.98. The summed E-state index contributed by atoms with van der Waals surface area (Å²) in [6.07, 6.45) is 0. The predicted octanol–water partition coefficient (Wildman–Crippen LogP) is 1.91. The second kappa shape index (κ2) is 8.37. The van der Waals surface area contributed by atoms with Gasteiger partial charge in [0.2, 0.25) is 5.91 Å². The van der Waals surface area contributed by atoms with Gasteiger partial charge in [-0.2, -0.15) is 0 Å². The molecule has 0 saturated heterocycles. The van der Waals surface area contributed by atoms with Crippen molar-refractivity contribution in [1.82, 2.24) is 10.2 Å². The highest BCUT2D eigenvalue weighted by Gasteiger charge is 2.39. The number of nitrogens with one attached hydrogen (secondary N) is 1. The Labute approximate surface area is 129 Å². The SMILES string of the molecule is CCOC(=O)C(C(=O)NC(CN(C)C)C(C)C)C(C)(C)C. The van der Waals surface area contributed by atoms with Crippen LogP contribution in [0.15, 0.2) is 0 Å². The molecule has 5 heteroatoms. The van der Waals surface area contributed by atoms with Crippen LogP contribution in [0.1, 0.15) is 41.5 Å². The Bertz CT molecular complexity index is 346. The van der Waals surface area contributed by atoms with E-state index in [0.717, 1.165) is 6.54 Å². The molecule has 5 nitrogen and oxygen atoms in total. The summed E-state index contributed by atoms with van der Waals surface area (Å²) in [6, 6.07) is 0.00627. The molecular formula is C16H32N2O3. The van der Waals surface area contributed by atoms with Crippen LogP contribution in [-0.4, -0.2) is 50.1 Å². The molecule has 21 heavy (non-hydrogen) atoms. The molecule has 0 aliphatic rings.